The second-order valence-electron chi connectivity index (χ2n) is 8.12. The van der Waals surface area contributed by atoms with Crippen molar-refractivity contribution in [3.05, 3.63) is 57.8 Å². The number of aliphatic hydroxyl groups is 1. The third kappa shape index (κ3) is 3.68. The quantitative estimate of drug-likeness (QED) is 0.879. The van der Waals surface area contributed by atoms with E-state index in [-0.39, 0.29) is 17.9 Å². The Kier molecular flexibility index (Phi) is 5.35. The van der Waals surface area contributed by atoms with Gasteiger partial charge in [0, 0.05) is 45.2 Å². The van der Waals surface area contributed by atoms with Crippen LogP contribution in [0.25, 0.3) is 0 Å². The zero-order valence-electron chi connectivity index (χ0n) is 15.9. The number of piperidine rings is 1. The van der Waals surface area contributed by atoms with E-state index in [1.165, 1.54) is 5.56 Å². The number of carbonyl (C=O) groups excluding carboxylic acids is 1. The largest absolute Gasteiger partial charge is 0.396 e. The predicted molar refractivity (Wildman–Crippen MR) is 109 cm³/mol. The molecule has 2 saturated heterocycles. The van der Waals surface area contributed by atoms with Gasteiger partial charge in [-0.3, -0.25) is 9.69 Å². The summed E-state index contributed by atoms with van der Waals surface area (Å²) in [4.78, 5) is 18.2. The van der Waals surface area contributed by atoms with Gasteiger partial charge in [0.2, 0.25) is 0 Å². The van der Waals surface area contributed by atoms with Crippen molar-refractivity contribution in [3.63, 3.8) is 0 Å². The summed E-state index contributed by atoms with van der Waals surface area (Å²) in [5.74, 6) is 0.485. The average Bonchev–Trinajstić information content (AvgIpc) is 3.26. The zero-order chi connectivity index (χ0) is 18.9. The van der Waals surface area contributed by atoms with Crippen LogP contribution in [0.4, 0.5) is 0 Å². The van der Waals surface area contributed by atoms with E-state index in [0.29, 0.717) is 5.92 Å². The van der Waals surface area contributed by atoms with E-state index in [9.17, 15) is 9.90 Å². The molecule has 1 aromatic heterocycles. The van der Waals surface area contributed by atoms with Crippen LogP contribution < -0.4 is 0 Å². The average molecular weight is 385 g/mol. The predicted octanol–water partition coefficient (Wildman–Crippen LogP) is 3.40. The van der Waals surface area contributed by atoms with Crippen LogP contribution in [0, 0.1) is 18.3 Å². The highest BCUT2D eigenvalue weighted by atomic mass is 32.1. The molecule has 1 amide bonds. The Morgan fingerprint density at radius 1 is 1.22 bits per heavy atom. The van der Waals surface area contributed by atoms with Gasteiger partial charge in [-0.15, -0.1) is 11.3 Å². The van der Waals surface area contributed by atoms with Gasteiger partial charge in [-0.25, -0.2) is 0 Å². The first kappa shape index (κ1) is 18.7. The number of rotatable bonds is 4. The molecular formula is C22H28N2O2S. The van der Waals surface area contributed by atoms with Crippen LogP contribution in [0.5, 0.6) is 0 Å². The van der Waals surface area contributed by atoms with E-state index in [4.69, 9.17) is 0 Å². The molecule has 4 rings (SSSR count). The summed E-state index contributed by atoms with van der Waals surface area (Å²) in [6.07, 6.45) is 1.97. The molecule has 5 heteroatoms. The summed E-state index contributed by atoms with van der Waals surface area (Å²) in [5.41, 5.74) is 2.55. The summed E-state index contributed by atoms with van der Waals surface area (Å²) in [6.45, 7) is 6.75. The molecule has 0 radical (unpaired) electrons. The minimum atomic E-state index is 0.144. The SMILES string of the molecule is Cc1ccsc1C(=O)N1CCC2(CC1)CN(Cc1ccccc1)CC2CO. The third-order valence-corrected chi connectivity index (χ3v) is 7.46. The Morgan fingerprint density at radius 2 is 1.96 bits per heavy atom. The van der Waals surface area contributed by atoms with Crippen molar-refractivity contribution in [1.82, 2.24) is 9.80 Å². The minimum absolute atomic E-state index is 0.144. The Hall–Kier alpha value is -1.69. The van der Waals surface area contributed by atoms with Crippen molar-refractivity contribution in [2.75, 3.05) is 32.8 Å². The Balaban J connectivity index is 1.41. The summed E-state index contributed by atoms with van der Waals surface area (Å²) < 4.78 is 0. The highest BCUT2D eigenvalue weighted by molar-refractivity contribution is 7.12. The molecule has 27 heavy (non-hydrogen) atoms. The van der Waals surface area contributed by atoms with E-state index in [1.807, 2.05) is 29.3 Å². The van der Waals surface area contributed by atoms with Crippen LogP contribution in [0.3, 0.4) is 0 Å². The van der Waals surface area contributed by atoms with Crippen molar-refractivity contribution in [3.8, 4) is 0 Å². The van der Waals surface area contributed by atoms with Gasteiger partial charge in [-0.1, -0.05) is 30.3 Å². The van der Waals surface area contributed by atoms with Crippen LogP contribution in [0.1, 0.15) is 33.6 Å². The number of amides is 1. The molecule has 1 aromatic carbocycles. The topological polar surface area (TPSA) is 43.8 Å². The van der Waals surface area contributed by atoms with E-state index in [0.717, 1.165) is 56.0 Å². The Labute approximate surface area is 165 Å². The monoisotopic (exact) mass is 384 g/mol. The number of hydrogen-bond acceptors (Lipinski definition) is 4. The molecule has 2 fully saturated rings. The smallest absolute Gasteiger partial charge is 0.264 e. The van der Waals surface area contributed by atoms with Crippen LogP contribution in [0.15, 0.2) is 41.8 Å². The van der Waals surface area contributed by atoms with Crippen LogP contribution in [0.2, 0.25) is 0 Å². The van der Waals surface area contributed by atoms with Crippen LogP contribution in [-0.2, 0) is 6.54 Å². The molecule has 0 saturated carbocycles. The number of nitrogens with zero attached hydrogens (tertiary/aromatic N) is 2. The van der Waals surface area contributed by atoms with E-state index in [1.54, 1.807) is 11.3 Å². The second kappa shape index (κ2) is 7.74. The normalized spacial score (nSPS) is 22.4. The number of likely N-dealkylation sites (tertiary alicyclic amines) is 2. The number of thiophene rings is 1. The van der Waals surface area contributed by atoms with Crippen molar-refractivity contribution in [2.45, 2.75) is 26.3 Å². The van der Waals surface area contributed by atoms with Gasteiger partial charge >= 0.3 is 0 Å². The highest BCUT2D eigenvalue weighted by Crippen LogP contribution is 2.45. The fourth-order valence-electron chi connectivity index (χ4n) is 4.81. The number of aryl methyl sites for hydroxylation is 1. The zero-order valence-corrected chi connectivity index (χ0v) is 16.8. The van der Waals surface area contributed by atoms with Crippen molar-refractivity contribution < 1.29 is 9.90 Å². The number of benzene rings is 1. The number of hydrogen-bond donors (Lipinski definition) is 1. The van der Waals surface area contributed by atoms with E-state index < -0.39 is 0 Å². The lowest BCUT2D eigenvalue weighted by molar-refractivity contribution is 0.0404. The number of aliphatic hydroxyl groups excluding tert-OH is 1. The van der Waals surface area contributed by atoms with Gasteiger partial charge in [0.05, 0.1) is 4.88 Å². The lowest BCUT2D eigenvalue weighted by Crippen LogP contribution is -2.47. The fraction of sp³-hybridized carbons (Fsp3) is 0.500. The van der Waals surface area contributed by atoms with Crippen molar-refractivity contribution in [2.24, 2.45) is 11.3 Å². The molecule has 1 spiro atoms. The maximum Gasteiger partial charge on any atom is 0.264 e. The summed E-state index contributed by atoms with van der Waals surface area (Å²) in [6, 6.07) is 12.6. The molecule has 1 unspecified atom stereocenters. The molecular weight excluding hydrogens is 356 g/mol. The molecule has 2 aliphatic heterocycles. The Bertz CT molecular complexity index is 781. The second-order valence-corrected chi connectivity index (χ2v) is 9.04. The third-order valence-electron chi connectivity index (χ3n) is 6.46. The van der Waals surface area contributed by atoms with E-state index in [2.05, 4.69) is 29.2 Å². The summed E-state index contributed by atoms with van der Waals surface area (Å²) in [7, 11) is 0. The molecule has 2 aliphatic rings. The van der Waals surface area contributed by atoms with Gasteiger partial charge in [0.15, 0.2) is 0 Å². The molecule has 0 aliphatic carbocycles. The fourth-order valence-corrected chi connectivity index (χ4v) is 5.71. The molecule has 3 heterocycles. The Morgan fingerprint density at radius 3 is 2.59 bits per heavy atom. The minimum Gasteiger partial charge on any atom is -0.396 e. The van der Waals surface area contributed by atoms with Crippen LogP contribution in [-0.4, -0.2) is 53.6 Å². The molecule has 4 nitrogen and oxygen atoms in total. The lowest BCUT2D eigenvalue weighted by Gasteiger charge is -2.42. The first-order valence-electron chi connectivity index (χ1n) is 9.82. The molecule has 144 valence electrons. The maximum absolute atomic E-state index is 12.8. The van der Waals surface area contributed by atoms with Crippen molar-refractivity contribution >= 4 is 17.2 Å². The summed E-state index contributed by atoms with van der Waals surface area (Å²) in [5, 5.41) is 12.0. The van der Waals surface area contributed by atoms with Gasteiger partial charge in [-0.2, -0.15) is 0 Å². The standard InChI is InChI=1S/C22H28N2O2S/c1-17-7-12-27-20(17)21(26)24-10-8-22(9-11-24)16-23(14-19(22)15-25)13-18-5-3-2-4-6-18/h2-7,12,19,25H,8-11,13-16H2,1H3. The maximum atomic E-state index is 12.8. The lowest BCUT2D eigenvalue weighted by atomic mass is 9.71. The number of carbonyl (C=O) groups is 1. The van der Waals surface area contributed by atoms with Crippen LogP contribution >= 0.6 is 11.3 Å². The van der Waals surface area contributed by atoms with Gasteiger partial charge in [0.25, 0.3) is 5.91 Å². The first-order chi connectivity index (χ1) is 13.1. The van der Waals surface area contributed by atoms with Crippen molar-refractivity contribution in [1.29, 1.82) is 0 Å². The van der Waals surface area contributed by atoms with Gasteiger partial charge < -0.3 is 10.0 Å². The van der Waals surface area contributed by atoms with Gasteiger partial charge in [0.1, 0.15) is 0 Å². The summed E-state index contributed by atoms with van der Waals surface area (Å²) >= 11 is 1.54. The first-order valence-corrected chi connectivity index (χ1v) is 10.7. The highest BCUT2D eigenvalue weighted by Gasteiger charge is 2.48. The molecule has 1 N–H and O–H groups in total. The van der Waals surface area contributed by atoms with Gasteiger partial charge in [-0.05, 0) is 47.8 Å². The molecule has 2 aromatic rings. The molecule has 0 bridgehead atoms. The van der Waals surface area contributed by atoms with E-state index >= 15 is 0 Å². The molecule has 1 atom stereocenters.